The van der Waals surface area contributed by atoms with Crippen LogP contribution in [0.2, 0.25) is 0 Å². The Balaban J connectivity index is 1.22. The molecule has 0 unspecified atom stereocenters. The van der Waals surface area contributed by atoms with Crippen LogP contribution in [0.25, 0.3) is 16.8 Å². The van der Waals surface area contributed by atoms with Crippen LogP contribution in [0.3, 0.4) is 0 Å². The molecule has 3 aromatic carbocycles. The third-order valence-corrected chi connectivity index (χ3v) is 5.02. The van der Waals surface area contributed by atoms with E-state index in [0.29, 0.717) is 23.0 Å². The lowest BCUT2D eigenvalue weighted by Gasteiger charge is -2.25. The van der Waals surface area contributed by atoms with Gasteiger partial charge in [-0.15, -0.1) is 0 Å². The summed E-state index contributed by atoms with van der Waals surface area (Å²) in [6.07, 6.45) is 2.91. The van der Waals surface area contributed by atoms with Crippen molar-refractivity contribution in [3.8, 4) is 23.0 Å². The van der Waals surface area contributed by atoms with Crippen molar-refractivity contribution < 1.29 is 23.7 Å². The molecule has 1 amide bonds. The zero-order chi connectivity index (χ0) is 21.2. The SMILES string of the molecule is CC(/C=C/c1ccc2c(c1)OCO2)=N\NC(=O)[C@@H]1COc2cc3ccccc3cc2O1. The molecule has 1 N–H and O–H groups in total. The normalized spacial score (nSPS) is 17.2. The third kappa shape index (κ3) is 4.02. The number of allylic oxidation sites excluding steroid dienone is 1. The highest BCUT2D eigenvalue weighted by molar-refractivity contribution is 5.97. The fourth-order valence-corrected chi connectivity index (χ4v) is 3.37. The van der Waals surface area contributed by atoms with Gasteiger partial charge in [0.05, 0.1) is 5.71 Å². The lowest BCUT2D eigenvalue weighted by molar-refractivity contribution is -0.130. The Labute approximate surface area is 178 Å². The van der Waals surface area contributed by atoms with Crippen molar-refractivity contribution in [3.05, 3.63) is 66.2 Å². The van der Waals surface area contributed by atoms with Crippen molar-refractivity contribution in [1.29, 1.82) is 0 Å². The third-order valence-electron chi connectivity index (χ3n) is 5.02. The van der Waals surface area contributed by atoms with E-state index in [9.17, 15) is 4.79 Å². The molecular weight excluding hydrogens is 396 g/mol. The Hall–Kier alpha value is -4.00. The lowest BCUT2D eigenvalue weighted by Crippen LogP contribution is -2.42. The molecule has 31 heavy (non-hydrogen) atoms. The van der Waals surface area contributed by atoms with Gasteiger partial charge >= 0.3 is 0 Å². The monoisotopic (exact) mass is 416 g/mol. The first-order valence-electron chi connectivity index (χ1n) is 9.90. The molecule has 0 bridgehead atoms. The van der Waals surface area contributed by atoms with Crippen LogP contribution >= 0.6 is 0 Å². The number of fused-ring (bicyclic) bond motifs is 3. The summed E-state index contributed by atoms with van der Waals surface area (Å²) < 4.78 is 22.3. The van der Waals surface area contributed by atoms with E-state index in [2.05, 4.69) is 10.5 Å². The quantitative estimate of drug-likeness (QED) is 0.515. The highest BCUT2D eigenvalue weighted by Crippen LogP contribution is 2.36. The molecule has 0 saturated heterocycles. The fraction of sp³-hybridized carbons (Fsp3) is 0.167. The molecule has 7 heteroatoms. The Kier molecular flexibility index (Phi) is 4.92. The standard InChI is InChI=1S/C24H20N2O5/c1-15(6-7-16-8-9-19-20(10-16)30-14-29-19)25-26-24(27)23-13-28-21-11-17-4-2-3-5-18(17)12-22(21)31-23/h2-12,23H,13-14H2,1H3,(H,26,27)/b7-6+,25-15+/t23-/m0/s1. The maximum Gasteiger partial charge on any atom is 0.284 e. The minimum Gasteiger partial charge on any atom is -0.485 e. The molecule has 2 aliphatic heterocycles. The molecule has 0 aliphatic carbocycles. The fourth-order valence-electron chi connectivity index (χ4n) is 3.37. The van der Waals surface area contributed by atoms with Crippen LogP contribution in [0, 0.1) is 0 Å². The number of rotatable bonds is 4. The maximum atomic E-state index is 12.5. The molecule has 1 atom stereocenters. The Bertz CT molecular complexity index is 1220. The van der Waals surface area contributed by atoms with Crippen molar-refractivity contribution in [2.45, 2.75) is 13.0 Å². The Morgan fingerprint density at radius 1 is 0.968 bits per heavy atom. The summed E-state index contributed by atoms with van der Waals surface area (Å²) in [5.74, 6) is 2.27. The average Bonchev–Trinajstić information content (AvgIpc) is 3.27. The predicted molar refractivity (Wildman–Crippen MR) is 117 cm³/mol. The van der Waals surface area contributed by atoms with Crippen LogP contribution in [-0.4, -0.2) is 31.1 Å². The highest BCUT2D eigenvalue weighted by Gasteiger charge is 2.27. The van der Waals surface area contributed by atoms with E-state index in [-0.39, 0.29) is 19.3 Å². The molecule has 156 valence electrons. The van der Waals surface area contributed by atoms with Crippen molar-refractivity contribution in [2.24, 2.45) is 5.10 Å². The zero-order valence-corrected chi connectivity index (χ0v) is 16.8. The number of benzene rings is 3. The first-order chi connectivity index (χ1) is 15.2. The number of hydrogen-bond acceptors (Lipinski definition) is 6. The molecule has 2 aliphatic rings. The molecule has 0 radical (unpaired) electrons. The van der Waals surface area contributed by atoms with Crippen molar-refractivity contribution in [1.82, 2.24) is 5.43 Å². The van der Waals surface area contributed by atoms with Gasteiger partial charge in [0, 0.05) is 0 Å². The smallest absolute Gasteiger partial charge is 0.284 e. The number of nitrogens with one attached hydrogen (secondary N) is 1. The molecule has 5 rings (SSSR count). The average molecular weight is 416 g/mol. The van der Waals surface area contributed by atoms with E-state index in [1.54, 1.807) is 13.0 Å². The molecule has 0 spiro atoms. The number of amides is 1. The summed E-state index contributed by atoms with van der Waals surface area (Å²) >= 11 is 0. The molecular formula is C24H20N2O5. The summed E-state index contributed by atoms with van der Waals surface area (Å²) in [6, 6.07) is 17.4. The van der Waals surface area contributed by atoms with Gasteiger partial charge in [-0.25, -0.2) is 5.43 Å². The van der Waals surface area contributed by atoms with E-state index < -0.39 is 6.10 Å². The van der Waals surface area contributed by atoms with Crippen LogP contribution in [0.5, 0.6) is 23.0 Å². The van der Waals surface area contributed by atoms with Gasteiger partial charge in [-0.2, -0.15) is 5.10 Å². The molecule has 2 heterocycles. The number of ether oxygens (including phenoxy) is 4. The summed E-state index contributed by atoms with van der Waals surface area (Å²) in [6.45, 7) is 2.16. The van der Waals surface area contributed by atoms with Gasteiger partial charge < -0.3 is 18.9 Å². The van der Waals surface area contributed by atoms with Crippen LogP contribution in [0.4, 0.5) is 0 Å². The molecule has 7 nitrogen and oxygen atoms in total. The molecule has 0 aromatic heterocycles. The summed E-state index contributed by atoms with van der Waals surface area (Å²) in [5, 5.41) is 6.21. The van der Waals surface area contributed by atoms with Gasteiger partial charge in [0.15, 0.2) is 23.0 Å². The first-order valence-corrected chi connectivity index (χ1v) is 9.90. The number of carbonyl (C=O) groups is 1. The summed E-state index contributed by atoms with van der Waals surface area (Å²) in [4.78, 5) is 12.5. The Morgan fingerprint density at radius 3 is 2.55 bits per heavy atom. The minimum absolute atomic E-state index is 0.124. The maximum absolute atomic E-state index is 12.5. The number of hydrogen-bond donors (Lipinski definition) is 1. The predicted octanol–water partition coefficient (Wildman–Crippen LogP) is 3.91. The highest BCUT2D eigenvalue weighted by atomic mass is 16.7. The van der Waals surface area contributed by atoms with Gasteiger partial charge in [-0.05, 0) is 53.6 Å². The van der Waals surface area contributed by atoms with Crippen LogP contribution in [-0.2, 0) is 4.79 Å². The van der Waals surface area contributed by atoms with E-state index in [0.717, 1.165) is 22.1 Å². The van der Waals surface area contributed by atoms with Crippen LogP contribution in [0.15, 0.2) is 65.8 Å². The molecule has 0 saturated carbocycles. The van der Waals surface area contributed by atoms with E-state index >= 15 is 0 Å². The summed E-state index contributed by atoms with van der Waals surface area (Å²) in [7, 11) is 0. The van der Waals surface area contributed by atoms with Gasteiger partial charge in [-0.1, -0.05) is 36.4 Å². The second kappa shape index (κ2) is 8.02. The lowest BCUT2D eigenvalue weighted by atomic mass is 10.1. The van der Waals surface area contributed by atoms with E-state index in [1.807, 2.05) is 60.7 Å². The topological polar surface area (TPSA) is 78.4 Å². The zero-order valence-electron chi connectivity index (χ0n) is 16.8. The second-order valence-electron chi connectivity index (χ2n) is 7.24. The van der Waals surface area contributed by atoms with Gasteiger partial charge in [0.1, 0.15) is 6.61 Å². The minimum atomic E-state index is -0.775. The summed E-state index contributed by atoms with van der Waals surface area (Å²) in [5.41, 5.74) is 4.12. The van der Waals surface area contributed by atoms with Gasteiger partial charge in [-0.3, -0.25) is 4.79 Å². The van der Waals surface area contributed by atoms with Crippen molar-refractivity contribution in [2.75, 3.05) is 13.4 Å². The van der Waals surface area contributed by atoms with Gasteiger partial charge in [0.2, 0.25) is 12.9 Å². The van der Waals surface area contributed by atoms with Gasteiger partial charge in [0.25, 0.3) is 5.91 Å². The van der Waals surface area contributed by atoms with E-state index in [1.165, 1.54) is 0 Å². The van der Waals surface area contributed by atoms with Crippen molar-refractivity contribution in [3.63, 3.8) is 0 Å². The van der Waals surface area contributed by atoms with Crippen LogP contribution < -0.4 is 24.4 Å². The Morgan fingerprint density at radius 2 is 1.71 bits per heavy atom. The van der Waals surface area contributed by atoms with E-state index in [4.69, 9.17) is 18.9 Å². The number of nitrogens with zero attached hydrogens (tertiary/aromatic N) is 1. The number of carbonyl (C=O) groups excluding carboxylic acids is 1. The molecule has 3 aromatic rings. The van der Waals surface area contributed by atoms with Crippen molar-refractivity contribution >= 4 is 28.5 Å². The second-order valence-corrected chi connectivity index (χ2v) is 7.24. The number of hydrazone groups is 1. The first kappa shape index (κ1) is 19.0. The molecule has 0 fully saturated rings. The largest absolute Gasteiger partial charge is 0.485 e. The van der Waals surface area contributed by atoms with Crippen LogP contribution in [0.1, 0.15) is 12.5 Å².